The lowest BCUT2D eigenvalue weighted by atomic mass is 10.2. The Hall–Kier alpha value is -1.27. The molecule has 0 spiro atoms. The number of rotatable bonds is 6. The first kappa shape index (κ1) is 13.8. The number of hydrogen-bond donors (Lipinski definition) is 2. The van der Waals surface area contributed by atoms with Gasteiger partial charge in [0.05, 0.1) is 16.3 Å². The molecule has 0 unspecified atom stereocenters. The van der Waals surface area contributed by atoms with Gasteiger partial charge in [-0.25, -0.2) is 0 Å². The second kappa shape index (κ2) is 7.13. The van der Waals surface area contributed by atoms with Gasteiger partial charge in [0.15, 0.2) is 0 Å². The zero-order valence-corrected chi connectivity index (χ0v) is 10.4. The number of aliphatic carboxylic acids is 1. The molecule has 0 aliphatic carbocycles. The summed E-state index contributed by atoms with van der Waals surface area (Å²) in [5, 5.41) is 11.3. The third-order valence-electron chi connectivity index (χ3n) is 1.77. The topological polar surface area (TPSA) is 79.3 Å². The fraction of sp³-hybridized carbons (Fsp3) is 0.300. The predicted octanol–water partition coefficient (Wildman–Crippen LogP) is 1.28. The highest BCUT2D eigenvalue weighted by Gasteiger charge is 2.08. The first-order valence-electron chi connectivity index (χ1n) is 4.78. The van der Waals surface area contributed by atoms with Crippen LogP contribution in [0, 0.1) is 0 Å². The van der Waals surface area contributed by atoms with Gasteiger partial charge in [-0.2, -0.15) is 0 Å². The van der Waals surface area contributed by atoms with Crippen LogP contribution in [0.5, 0.6) is 0 Å². The summed E-state index contributed by atoms with van der Waals surface area (Å²) in [5.41, 5.74) is 0.366. The van der Waals surface area contributed by atoms with Crippen LogP contribution in [-0.4, -0.2) is 40.0 Å². The van der Waals surface area contributed by atoms with Crippen LogP contribution < -0.4 is 5.32 Å². The Kier molecular flexibility index (Phi) is 5.79. The van der Waals surface area contributed by atoms with E-state index >= 15 is 0 Å². The van der Waals surface area contributed by atoms with Crippen molar-refractivity contribution in [2.45, 2.75) is 0 Å². The predicted molar refractivity (Wildman–Crippen MR) is 66.5 cm³/mol. The second-order valence-electron chi connectivity index (χ2n) is 3.06. The van der Waals surface area contributed by atoms with Crippen LogP contribution in [0.1, 0.15) is 10.4 Å². The van der Waals surface area contributed by atoms with E-state index < -0.39 is 5.97 Å². The molecule has 0 atom stereocenters. The van der Waals surface area contributed by atoms with Gasteiger partial charge in [-0.1, -0.05) is 11.6 Å². The number of pyridine rings is 1. The van der Waals surface area contributed by atoms with E-state index in [1.54, 1.807) is 0 Å². The number of carbonyl (C=O) groups is 2. The fourth-order valence-corrected chi connectivity index (χ4v) is 1.82. The molecule has 0 saturated carbocycles. The van der Waals surface area contributed by atoms with Crippen molar-refractivity contribution in [3.8, 4) is 0 Å². The molecule has 0 saturated heterocycles. The molecule has 1 rings (SSSR count). The summed E-state index contributed by atoms with van der Waals surface area (Å²) < 4.78 is 0. The molecule has 1 heterocycles. The molecular formula is C10H11ClN2O3S. The third-order valence-corrected chi connectivity index (χ3v) is 3.02. The normalized spacial score (nSPS) is 9.94. The van der Waals surface area contributed by atoms with Gasteiger partial charge in [0.1, 0.15) is 0 Å². The highest BCUT2D eigenvalue weighted by molar-refractivity contribution is 7.99. The Balaban J connectivity index is 2.31. The van der Waals surface area contributed by atoms with Gasteiger partial charge >= 0.3 is 5.97 Å². The van der Waals surface area contributed by atoms with Crippen LogP contribution in [0.3, 0.4) is 0 Å². The van der Waals surface area contributed by atoms with Crippen molar-refractivity contribution in [1.82, 2.24) is 10.3 Å². The van der Waals surface area contributed by atoms with Gasteiger partial charge in [-0.05, 0) is 6.07 Å². The summed E-state index contributed by atoms with van der Waals surface area (Å²) in [7, 11) is 0. The van der Waals surface area contributed by atoms with Gasteiger partial charge < -0.3 is 10.4 Å². The van der Waals surface area contributed by atoms with E-state index in [2.05, 4.69) is 10.3 Å². The molecule has 0 bridgehead atoms. The largest absolute Gasteiger partial charge is 0.481 e. The van der Waals surface area contributed by atoms with Gasteiger partial charge in [-0.3, -0.25) is 14.6 Å². The van der Waals surface area contributed by atoms with Gasteiger partial charge in [-0.15, -0.1) is 11.8 Å². The van der Waals surface area contributed by atoms with E-state index in [1.165, 1.54) is 30.2 Å². The van der Waals surface area contributed by atoms with Gasteiger partial charge in [0, 0.05) is 24.7 Å². The standard InChI is InChI=1S/C10H11ClN2O3S/c11-8-5-12-2-1-7(8)10(16)13-3-4-17-6-9(14)15/h1-2,5H,3-4,6H2,(H,13,16)(H,14,15). The van der Waals surface area contributed by atoms with E-state index in [0.717, 1.165) is 0 Å². The molecule has 7 heteroatoms. The van der Waals surface area contributed by atoms with E-state index in [-0.39, 0.29) is 11.7 Å². The smallest absolute Gasteiger partial charge is 0.313 e. The first-order valence-corrected chi connectivity index (χ1v) is 6.32. The second-order valence-corrected chi connectivity index (χ2v) is 4.57. The van der Waals surface area contributed by atoms with Crippen molar-refractivity contribution >= 4 is 35.2 Å². The highest BCUT2D eigenvalue weighted by atomic mass is 35.5. The molecule has 17 heavy (non-hydrogen) atoms. The van der Waals surface area contributed by atoms with Crippen LogP contribution in [0.4, 0.5) is 0 Å². The van der Waals surface area contributed by atoms with Gasteiger partial charge in [0.2, 0.25) is 0 Å². The monoisotopic (exact) mass is 274 g/mol. The number of nitrogens with zero attached hydrogens (tertiary/aromatic N) is 1. The number of carbonyl (C=O) groups excluding carboxylic acids is 1. The molecule has 0 aromatic carbocycles. The minimum Gasteiger partial charge on any atom is -0.481 e. The van der Waals surface area contributed by atoms with Crippen LogP contribution in [-0.2, 0) is 4.79 Å². The molecule has 1 aromatic rings. The van der Waals surface area contributed by atoms with Crippen molar-refractivity contribution in [3.05, 3.63) is 29.0 Å². The first-order chi connectivity index (χ1) is 8.11. The van der Waals surface area contributed by atoms with Crippen LogP contribution >= 0.6 is 23.4 Å². The zero-order chi connectivity index (χ0) is 12.7. The number of thioether (sulfide) groups is 1. The molecule has 2 N–H and O–H groups in total. The average molecular weight is 275 g/mol. The lowest BCUT2D eigenvalue weighted by Gasteiger charge is -2.05. The molecule has 0 aliphatic rings. The minimum atomic E-state index is -0.862. The SMILES string of the molecule is O=C(O)CSCCNC(=O)c1ccncc1Cl. The number of aromatic nitrogens is 1. The molecule has 1 aromatic heterocycles. The zero-order valence-electron chi connectivity index (χ0n) is 8.85. The molecule has 1 amide bonds. The van der Waals surface area contributed by atoms with E-state index in [9.17, 15) is 9.59 Å². The summed E-state index contributed by atoms with van der Waals surface area (Å²) in [4.78, 5) is 25.6. The quantitative estimate of drug-likeness (QED) is 0.764. The molecule has 92 valence electrons. The number of amides is 1. The van der Waals surface area contributed by atoms with E-state index in [1.807, 2.05) is 0 Å². The Morgan fingerprint density at radius 3 is 2.94 bits per heavy atom. The Labute approximate surface area is 108 Å². The number of halogens is 1. The van der Waals surface area contributed by atoms with Crippen molar-refractivity contribution in [3.63, 3.8) is 0 Å². The molecule has 0 radical (unpaired) electrons. The van der Waals surface area contributed by atoms with Crippen molar-refractivity contribution in [2.24, 2.45) is 0 Å². The fourth-order valence-electron chi connectivity index (χ4n) is 1.05. The summed E-state index contributed by atoms with van der Waals surface area (Å²) >= 11 is 7.04. The summed E-state index contributed by atoms with van der Waals surface area (Å²) in [6.45, 7) is 0.398. The van der Waals surface area contributed by atoms with E-state index in [0.29, 0.717) is 22.9 Å². The van der Waals surface area contributed by atoms with E-state index in [4.69, 9.17) is 16.7 Å². The lowest BCUT2D eigenvalue weighted by molar-refractivity contribution is -0.133. The Morgan fingerprint density at radius 1 is 1.53 bits per heavy atom. The summed E-state index contributed by atoms with van der Waals surface area (Å²) in [5.74, 6) is -0.570. The average Bonchev–Trinajstić information content (AvgIpc) is 2.28. The van der Waals surface area contributed by atoms with Crippen molar-refractivity contribution in [2.75, 3.05) is 18.1 Å². The lowest BCUT2D eigenvalue weighted by Crippen LogP contribution is -2.26. The molecule has 0 aliphatic heterocycles. The number of hydrogen-bond acceptors (Lipinski definition) is 4. The summed E-state index contributed by atoms with van der Waals surface area (Å²) in [6, 6.07) is 1.53. The van der Waals surface area contributed by atoms with Crippen molar-refractivity contribution in [1.29, 1.82) is 0 Å². The van der Waals surface area contributed by atoms with Gasteiger partial charge in [0.25, 0.3) is 5.91 Å². The Morgan fingerprint density at radius 2 is 2.29 bits per heavy atom. The molecular weight excluding hydrogens is 264 g/mol. The van der Waals surface area contributed by atoms with Crippen molar-refractivity contribution < 1.29 is 14.7 Å². The minimum absolute atomic E-state index is 0.0336. The molecule has 5 nitrogen and oxygen atoms in total. The Bertz CT molecular complexity index is 414. The number of carboxylic acids is 1. The third kappa shape index (κ3) is 5.06. The van der Waals surface area contributed by atoms with Crippen LogP contribution in [0.2, 0.25) is 5.02 Å². The maximum absolute atomic E-state index is 11.6. The maximum atomic E-state index is 11.6. The molecule has 0 fully saturated rings. The summed E-state index contributed by atoms with van der Waals surface area (Å²) in [6.07, 6.45) is 2.88. The van der Waals surface area contributed by atoms with Crippen LogP contribution in [0.15, 0.2) is 18.5 Å². The maximum Gasteiger partial charge on any atom is 0.313 e. The van der Waals surface area contributed by atoms with Crippen LogP contribution in [0.25, 0.3) is 0 Å². The highest BCUT2D eigenvalue weighted by Crippen LogP contribution is 2.12. The number of carboxylic acid groups (broad SMARTS) is 1. The number of nitrogens with one attached hydrogen (secondary N) is 1.